The van der Waals surface area contributed by atoms with Crippen LogP contribution in [0.2, 0.25) is 0 Å². The Balaban J connectivity index is 2.62. The number of aliphatic hydroxyl groups excluding tert-OH is 1. The number of rotatable bonds is 7. The van der Waals surface area contributed by atoms with Crippen LogP contribution in [0.15, 0.2) is 5.38 Å². The Kier molecular flexibility index (Phi) is 6.09. The van der Waals surface area contributed by atoms with Crippen molar-refractivity contribution in [3.8, 4) is 0 Å². The molecule has 0 radical (unpaired) electrons. The molecule has 0 saturated carbocycles. The Morgan fingerprint density at radius 2 is 2.05 bits per heavy atom. The molecule has 0 unspecified atom stereocenters. The van der Waals surface area contributed by atoms with Gasteiger partial charge in [0.05, 0.1) is 6.61 Å². The molecule has 1 aromatic heterocycles. The molecular formula is C13H21N3O3S. The van der Waals surface area contributed by atoms with Crippen molar-refractivity contribution < 1.29 is 14.7 Å². The summed E-state index contributed by atoms with van der Waals surface area (Å²) in [5.74, 6) is -0.514. The number of carbonyl (C=O) groups is 2. The maximum Gasteiger partial charge on any atom is 0.270 e. The first-order chi connectivity index (χ1) is 9.46. The van der Waals surface area contributed by atoms with Gasteiger partial charge in [0.2, 0.25) is 5.91 Å². The van der Waals surface area contributed by atoms with Crippen molar-refractivity contribution >= 4 is 28.3 Å². The number of aliphatic hydroxyl groups is 1. The number of thiazole rings is 1. The zero-order valence-corrected chi connectivity index (χ0v) is 12.8. The van der Waals surface area contributed by atoms with E-state index in [0.29, 0.717) is 11.7 Å². The molecule has 0 atom stereocenters. The second kappa shape index (κ2) is 7.35. The summed E-state index contributed by atoms with van der Waals surface area (Å²) >= 11 is 1.20. The average molecular weight is 299 g/mol. The second-order valence-corrected chi connectivity index (χ2v) is 5.63. The van der Waals surface area contributed by atoms with Crippen molar-refractivity contribution in [1.82, 2.24) is 10.3 Å². The second-order valence-electron chi connectivity index (χ2n) is 4.77. The van der Waals surface area contributed by atoms with Crippen LogP contribution in [-0.2, 0) is 4.79 Å². The van der Waals surface area contributed by atoms with Crippen molar-refractivity contribution in [3.63, 3.8) is 0 Å². The summed E-state index contributed by atoms with van der Waals surface area (Å²) in [6.45, 7) is 5.81. The van der Waals surface area contributed by atoms with E-state index in [1.54, 1.807) is 5.38 Å². The highest BCUT2D eigenvalue weighted by atomic mass is 32.1. The standard InChI is InChI=1S/C13H21N3O3S/c1-4-13(5-2,8-17)7-14-11(19)10-6-20-12(16-10)15-9(3)18/h6,17H,4-5,7-8H2,1-3H3,(H,14,19)(H,15,16,18). The molecule has 6 nitrogen and oxygen atoms in total. The molecule has 0 saturated heterocycles. The molecule has 112 valence electrons. The van der Waals surface area contributed by atoms with E-state index >= 15 is 0 Å². The zero-order chi connectivity index (χ0) is 15.2. The van der Waals surface area contributed by atoms with E-state index in [2.05, 4.69) is 15.6 Å². The molecule has 0 aromatic carbocycles. The summed E-state index contributed by atoms with van der Waals surface area (Å²) < 4.78 is 0. The van der Waals surface area contributed by atoms with Crippen molar-refractivity contribution in [1.29, 1.82) is 0 Å². The van der Waals surface area contributed by atoms with Gasteiger partial charge in [-0.2, -0.15) is 0 Å². The Hall–Kier alpha value is -1.47. The van der Waals surface area contributed by atoms with Crippen LogP contribution in [0, 0.1) is 5.41 Å². The van der Waals surface area contributed by atoms with Gasteiger partial charge in [-0.1, -0.05) is 13.8 Å². The minimum atomic E-state index is -0.294. The number of aromatic nitrogens is 1. The topological polar surface area (TPSA) is 91.3 Å². The Morgan fingerprint density at radius 3 is 2.55 bits per heavy atom. The summed E-state index contributed by atoms with van der Waals surface area (Å²) in [5, 5.41) is 16.8. The largest absolute Gasteiger partial charge is 0.396 e. The van der Waals surface area contributed by atoms with Crippen LogP contribution < -0.4 is 10.6 Å². The maximum absolute atomic E-state index is 12.0. The van der Waals surface area contributed by atoms with Crippen LogP contribution in [0.5, 0.6) is 0 Å². The summed E-state index contributed by atoms with van der Waals surface area (Å²) in [6.07, 6.45) is 1.57. The van der Waals surface area contributed by atoms with Crippen molar-refractivity contribution in [2.45, 2.75) is 33.6 Å². The number of anilines is 1. The third-order valence-corrected chi connectivity index (χ3v) is 4.24. The highest BCUT2D eigenvalue weighted by molar-refractivity contribution is 7.14. The lowest BCUT2D eigenvalue weighted by atomic mass is 9.83. The third-order valence-electron chi connectivity index (χ3n) is 3.48. The molecule has 0 aliphatic rings. The van der Waals surface area contributed by atoms with Gasteiger partial charge in [0.25, 0.3) is 5.91 Å². The fourth-order valence-electron chi connectivity index (χ4n) is 1.72. The van der Waals surface area contributed by atoms with Gasteiger partial charge in [-0.05, 0) is 12.8 Å². The van der Waals surface area contributed by atoms with Gasteiger partial charge in [-0.3, -0.25) is 9.59 Å². The van der Waals surface area contributed by atoms with E-state index in [4.69, 9.17) is 0 Å². The molecule has 1 aromatic rings. The number of amides is 2. The van der Waals surface area contributed by atoms with Crippen LogP contribution in [0.3, 0.4) is 0 Å². The fraction of sp³-hybridized carbons (Fsp3) is 0.615. The van der Waals surface area contributed by atoms with Crippen LogP contribution >= 0.6 is 11.3 Å². The minimum absolute atomic E-state index is 0.0362. The smallest absolute Gasteiger partial charge is 0.270 e. The molecule has 1 rings (SSSR count). The van der Waals surface area contributed by atoms with E-state index in [1.165, 1.54) is 18.3 Å². The molecule has 7 heteroatoms. The number of nitrogens with zero attached hydrogens (tertiary/aromatic N) is 1. The lowest BCUT2D eigenvalue weighted by molar-refractivity contribution is -0.114. The van der Waals surface area contributed by atoms with Crippen LogP contribution in [-0.4, -0.2) is 35.1 Å². The molecule has 0 spiro atoms. The van der Waals surface area contributed by atoms with E-state index in [1.807, 2.05) is 13.8 Å². The first-order valence-electron chi connectivity index (χ1n) is 6.58. The number of hydrogen-bond donors (Lipinski definition) is 3. The molecule has 2 amide bonds. The van der Waals surface area contributed by atoms with Gasteiger partial charge >= 0.3 is 0 Å². The molecule has 0 bridgehead atoms. The van der Waals surface area contributed by atoms with Crippen LogP contribution in [0.25, 0.3) is 0 Å². The number of carbonyl (C=O) groups excluding carboxylic acids is 2. The van der Waals surface area contributed by atoms with E-state index in [9.17, 15) is 14.7 Å². The number of hydrogen-bond acceptors (Lipinski definition) is 5. The van der Waals surface area contributed by atoms with Crippen molar-refractivity contribution in [3.05, 3.63) is 11.1 Å². The van der Waals surface area contributed by atoms with Crippen molar-refractivity contribution in [2.24, 2.45) is 5.41 Å². The van der Waals surface area contributed by atoms with E-state index in [0.717, 1.165) is 12.8 Å². The average Bonchev–Trinajstić information content (AvgIpc) is 2.88. The SMILES string of the molecule is CCC(CC)(CO)CNC(=O)c1csc(NC(C)=O)n1. The monoisotopic (exact) mass is 299 g/mol. The lowest BCUT2D eigenvalue weighted by Crippen LogP contribution is -2.39. The molecule has 3 N–H and O–H groups in total. The van der Waals surface area contributed by atoms with Crippen LogP contribution in [0.1, 0.15) is 44.1 Å². The van der Waals surface area contributed by atoms with E-state index in [-0.39, 0.29) is 29.5 Å². The first kappa shape index (κ1) is 16.6. The Morgan fingerprint density at radius 1 is 1.40 bits per heavy atom. The highest BCUT2D eigenvalue weighted by Crippen LogP contribution is 2.24. The fourth-order valence-corrected chi connectivity index (χ4v) is 2.46. The summed E-state index contributed by atoms with van der Waals surface area (Å²) in [5.41, 5.74) is -0.00983. The molecule has 0 aliphatic heterocycles. The van der Waals surface area contributed by atoms with Gasteiger partial charge in [-0.15, -0.1) is 11.3 Å². The van der Waals surface area contributed by atoms with Crippen molar-refractivity contribution in [2.75, 3.05) is 18.5 Å². The third kappa shape index (κ3) is 4.28. The first-order valence-corrected chi connectivity index (χ1v) is 7.46. The normalized spacial score (nSPS) is 11.2. The summed E-state index contributed by atoms with van der Waals surface area (Å²) in [7, 11) is 0. The maximum atomic E-state index is 12.0. The Labute approximate surface area is 122 Å². The van der Waals surface area contributed by atoms with Crippen LogP contribution in [0.4, 0.5) is 5.13 Å². The molecular weight excluding hydrogens is 278 g/mol. The van der Waals surface area contributed by atoms with Gasteiger partial charge in [0.1, 0.15) is 5.69 Å². The molecule has 20 heavy (non-hydrogen) atoms. The summed E-state index contributed by atoms with van der Waals surface area (Å²) in [6, 6.07) is 0. The van der Waals surface area contributed by atoms with Gasteiger partial charge in [0.15, 0.2) is 5.13 Å². The number of nitrogens with one attached hydrogen (secondary N) is 2. The molecule has 0 fully saturated rings. The molecule has 0 aliphatic carbocycles. The predicted molar refractivity (Wildman–Crippen MR) is 78.9 cm³/mol. The predicted octanol–water partition coefficient (Wildman–Crippen LogP) is 1.63. The van der Waals surface area contributed by atoms with Gasteiger partial charge in [0, 0.05) is 24.3 Å². The zero-order valence-electron chi connectivity index (χ0n) is 12.0. The lowest BCUT2D eigenvalue weighted by Gasteiger charge is -2.29. The quantitative estimate of drug-likeness (QED) is 0.713. The minimum Gasteiger partial charge on any atom is -0.396 e. The Bertz CT molecular complexity index is 461. The highest BCUT2D eigenvalue weighted by Gasteiger charge is 2.26. The summed E-state index contributed by atoms with van der Waals surface area (Å²) in [4.78, 5) is 26.9. The van der Waals surface area contributed by atoms with Gasteiger partial charge < -0.3 is 15.7 Å². The molecule has 1 heterocycles. The van der Waals surface area contributed by atoms with Gasteiger partial charge in [-0.25, -0.2) is 4.98 Å². The van der Waals surface area contributed by atoms with E-state index < -0.39 is 0 Å².